The standard InChI is InChI=1S/C29H29N7O3/c1-3-4-16-35-25-26(32-28(35)34-15-9-10-19(30)17-34)33(2)29(38)36(27(25)37)18-22-20-11-5-7-13-23(20)39-24-14-8-6-12-21(24)31-22/h5-8,11-14,19H,9-10,15-18,30H2,1-2H3. The highest BCUT2D eigenvalue weighted by Crippen LogP contribution is 2.37. The van der Waals surface area contributed by atoms with Crippen LogP contribution in [0, 0.1) is 11.8 Å². The fourth-order valence-corrected chi connectivity index (χ4v) is 5.26. The van der Waals surface area contributed by atoms with E-state index in [1.165, 1.54) is 9.13 Å². The molecular weight excluding hydrogens is 494 g/mol. The smallest absolute Gasteiger partial charge is 0.332 e. The van der Waals surface area contributed by atoms with Gasteiger partial charge in [0.25, 0.3) is 5.56 Å². The number of imidazole rings is 1. The second kappa shape index (κ2) is 9.93. The Balaban J connectivity index is 1.54. The molecule has 0 bridgehead atoms. The van der Waals surface area contributed by atoms with Gasteiger partial charge in [0, 0.05) is 31.7 Å². The van der Waals surface area contributed by atoms with Gasteiger partial charge in [0.1, 0.15) is 11.4 Å². The van der Waals surface area contributed by atoms with E-state index >= 15 is 0 Å². The Kier molecular flexibility index (Phi) is 6.29. The van der Waals surface area contributed by atoms with Crippen LogP contribution in [-0.4, -0.2) is 43.5 Å². The Morgan fingerprint density at radius 3 is 2.64 bits per heavy atom. The van der Waals surface area contributed by atoms with E-state index in [0.29, 0.717) is 46.6 Å². The summed E-state index contributed by atoms with van der Waals surface area (Å²) in [5, 5.41) is 0. The number of aromatic nitrogens is 4. The van der Waals surface area contributed by atoms with Crippen LogP contribution in [0.2, 0.25) is 0 Å². The van der Waals surface area contributed by atoms with Gasteiger partial charge < -0.3 is 15.4 Å². The molecule has 2 aromatic heterocycles. The number of aliphatic imine (C=N–C) groups is 1. The molecule has 1 saturated heterocycles. The highest BCUT2D eigenvalue weighted by atomic mass is 16.5. The van der Waals surface area contributed by atoms with E-state index < -0.39 is 11.2 Å². The summed E-state index contributed by atoms with van der Waals surface area (Å²) in [6, 6.07) is 15.0. The van der Waals surface area contributed by atoms with Gasteiger partial charge in [-0.05, 0) is 44.0 Å². The number of para-hydroxylation sites is 3. The van der Waals surface area contributed by atoms with Crippen LogP contribution in [-0.2, 0) is 20.1 Å². The van der Waals surface area contributed by atoms with E-state index in [4.69, 9.17) is 20.4 Å². The first-order valence-corrected chi connectivity index (χ1v) is 13.0. The first-order chi connectivity index (χ1) is 19.0. The molecule has 6 rings (SSSR count). The van der Waals surface area contributed by atoms with Crippen LogP contribution in [0.5, 0.6) is 11.5 Å². The predicted octanol–water partition coefficient (Wildman–Crippen LogP) is 2.77. The lowest BCUT2D eigenvalue weighted by atomic mass is 10.1. The monoisotopic (exact) mass is 523 g/mol. The summed E-state index contributed by atoms with van der Waals surface area (Å²) < 4.78 is 10.6. The van der Waals surface area contributed by atoms with E-state index in [9.17, 15) is 9.59 Å². The molecule has 1 fully saturated rings. The summed E-state index contributed by atoms with van der Waals surface area (Å²) in [6.07, 6.45) is 1.86. The normalized spacial score (nSPS) is 16.4. The van der Waals surface area contributed by atoms with Crippen molar-refractivity contribution in [3.63, 3.8) is 0 Å². The fourth-order valence-electron chi connectivity index (χ4n) is 5.26. The zero-order valence-corrected chi connectivity index (χ0v) is 21.9. The van der Waals surface area contributed by atoms with Gasteiger partial charge in [0.15, 0.2) is 16.9 Å². The average Bonchev–Trinajstić information content (AvgIpc) is 3.25. The lowest BCUT2D eigenvalue weighted by Crippen LogP contribution is -2.44. The molecule has 2 aliphatic heterocycles. The van der Waals surface area contributed by atoms with Crippen molar-refractivity contribution in [2.24, 2.45) is 17.8 Å². The van der Waals surface area contributed by atoms with Crippen LogP contribution < -0.4 is 26.6 Å². The van der Waals surface area contributed by atoms with Crippen molar-refractivity contribution in [2.45, 2.75) is 38.9 Å². The number of rotatable bonds is 4. The number of hydrogen-bond donors (Lipinski definition) is 1. The third kappa shape index (κ3) is 4.30. The number of ether oxygens (including phenoxy) is 1. The van der Waals surface area contributed by atoms with Gasteiger partial charge in [-0.15, -0.1) is 5.92 Å². The highest BCUT2D eigenvalue weighted by Gasteiger charge is 2.27. The number of benzene rings is 2. The number of hydrogen-bond acceptors (Lipinski definition) is 7. The Morgan fingerprint density at radius 1 is 1.08 bits per heavy atom. The molecule has 2 aliphatic rings. The van der Waals surface area contributed by atoms with Crippen molar-refractivity contribution in [3.8, 4) is 23.3 Å². The largest absolute Gasteiger partial charge is 0.454 e. The summed E-state index contributed by atoms with van der Waals surface area (Å²) in [7, 11) is 1.64. The molecular formula is C29H29N7O3. The first-order valence-electron chi connectivity index (χ1n) is 13.0. The van der Waals surface area contributed by atoms with Gasteiger partial charge in [-0.3, -0.25) is 18.5 Å². The van der Waals surface area contributed by atoms with Crippen molar-refractivity contribution in [3.05, 3.63) is 74.9 Å². The Morgan fingerprint density at radius 2 is 1.85 bits per heavy atom. The molecule has 4 aromatic rings. The Bertz CT molecular complexity index is 1800. The topological polar surface area (TPSA) is 113 Å². The van der Waals surface area contributed by atoms with Crippen molar-refractivity contribution in [2.75, 3.05) is 18.0 Å². The summed E-state index contributed by atoms with van der Waals surface area (Å²) in [5.41, 5.74) is 7.89. The molecule has 10 heteroatoms. The van der Waals surface area contributed by atoms with Gasteiger partial charge in [-0.25, -0.2) is 9.79 Å². The number of fused-ring (bicyclic) bond motifs is 3. The molecule has 39 heavy (non-hydrogen) atoms. The van der Waals surface area contributed by atoms with Crippen LogP contribution in [0.3, 0.4) is 0 Å². The molecule has 1 unspecified atom stereocenters. The minimum atomic E-state index is -0.473. The molecule has 0 aliphatic carbocycles. The molecule has 0 radical (unpaired) electrons. The van der Waals surface area contributed by atoms with Gasteiger partial charge in [0.2, 0.25) is 5.95 Å². The van der Waals surface area contributed by atoms with Crippen molar-refractivity contribution < 1.29 is 4.74 Å². The summed E-state index contributed by atoms with van der Waals surface area (Å²) >= 11 is 0. The fraction of sp³-hybridized carbons (Fsp3) is 0.310. The van der Waals surface area contributed by atoms with E-state index in [1.807, 2.05) is 53.1 Å². The average molecular weight is 524 g/mol. The van der Waals surface area contributed by atoms with E-state index in [2.05, 4.69) is 16.7 Å². The molecule has 0 saturated carbocycles. The predicted molar refractivity (Wildman–Crippen MR) is 151 cm³/mol. The number of aryl methyl sites for hydroxylation is 1. The molecule has 2 aromatic carbocycles. The molecule has 0 amide bonds. The molecule has 0 spiro atoms. The number of piperidine rings is 1. The van der Waals surface area contributed by atoms with Crippen LogP contribution in [0.25, 0.3) is 11.2 Å². The van der Waals surface area contributed by atoms with E-state index in [1.54, 1.807) is 14.0 Å². The quantitative estimate of drug-likeness (QED) is 0.412. The van der Waals surface area contributed by atoms with Crippen molar-refractivity contribution in [1.29, 1.82) is 0 Å². The highest BCUT2D eigenvalue weighted by molar-refractivity contribution is 6.05. The van der Waals surface area contributed by atoms with Crippen LogP contribution in [0.1, 0.15) is 25.3 Å². The minimum Gasteiger partial charge on any atom is -0.454 e. The zero-order valence-electron chi connectivity index (χ0n) is 21.9. The lowest BCUT2D eigenvalue weighted by molar-refractivity contribution is 0.484. The maximum Gasteiger partial charge on any atom is 0.332 e. The number of nitrogens with zero attached hydrogens (tertiary/aromatic N) is 6. The van der Waals surface area contributed by atoms with Crippen LogP contribution in [0.15, 0.2) is 63.1 Å². The van der Waals surface area contributed by atoms with Gasteiger partial charge >= 0.3 is 5.69 Å². The molecule has 2 N–H and O–H groups in total. The van der Waals surface area contributed by atoms with Crippen LogP contribution in [0.4, 0.5) is 11.6 Å². The third-order valence-electron chi connectivity index (χ3n) is 7.21. The molecule has 198 valence electrons. The van der Waals surface area contributed by atoms with E-state index in [0.717, 1.165) is 24.9 Å². The first kappa shape index (κ1) is 24.7. The van der Waals surface area contributed by atoms with Gasteiger partial charge in [-0.1, -0.05) is 30.2 Å². The third-order valence-corrected chi connectivity index (χ3v) is 7.21. The SMILES string of the molecule is CC#CCn1c(N2CCCC(N)C2)nc2c1c(=O)n(CC1=Nc3ccccc3Oc3ccccc31)c(=O)n2C. The lowest BCUT2D eigenvalue weighted by Gasteiger charge is -2.31. The zero-order chi connectivity index (χ0) is 27.1. The minimum absolute atomic E-state index is 0.0168. The molecule has 4 heterocycles. The molecule has 1 atom stereocenters. The molecule has 10 nitrogen and oxygen atoms in total. The summed E-state index contributed by atoms with van der Waals surface area (Å²) in [5.74, 6) is 7.80. The second-order valence-electron chi connectivity index (χ2n) is 9.80. The van der Waals surface area contributed by atoms with Crippen molar-refractivity contribution in [1.82, 2.24) is 18.7 Å². The summed E-state index contributed by atoms with van der Waals surface area (Å²) in [4.78, 5) is 39.4. The van der Waals surface area contributed by atoms with Gasteiger partial charge in [0.05, 0.1) is 18.8 Å². The van der Waals surface area contributed by atoms with Gasteiger partial charge in [-0.2, -0.15) is 4.98 Å². The number of nitrogens with two attached hydrogens (primary N) is 1. The second-order valence-corrected chi connectivity index (χ2v) is 9.80. The van der Waals surface area contributed by atoms with Crippen LogP contribution >= 0.6 is 0 Å². The maximum absolute atomic E-state index is 14.1. The maximum atomic E-state index is 14.1. The Labute approximate surface area is 225 Å². The number of anilines is 1. The van der Waals surface area contributed by atoms with E-state index in [-0.39, 0.29) is 19.1 Å². The summed E-state index contributed by atoms with van der Waals surface area (Å²) in [6.45, 7) is 3.38. The van der Waals surface area contributed by atoms with Crippen molar-refractivity contribution >= 4 is 28.5 Å². The Hall–Kier alpha value is -4.62.